The molecule has 0 saturated heterocycles. The van der Waals surface area contributed by atoms with Crippen LogP contribution in [0, 0.1) is 11.8 Å². The van der Waals surface area contributed by atoms with Gasteiger partial charge in [0.15, 0.2) is 11.6 Å². The van der Waals surface area contributed by atoms with Gasteiger partial charge in [-0.1, -0.05) is 88.8 Å². The predicted molar refractivity (Wildman–Crippen MR) is 197 cm³/mol. The van der Waals surface area contributed by atoms with E-state index in [0.717, 1.165) is 34.1 Å². The van der Waals surface area contributed by atoms with E-state index in [1.807, 2.05) is 18.2 Å². The van der Waals surface area contributed by atoms with Gasteiger partial charge in [0.1, 0.15) is 0 Å². The van der Waals surface area contributed by atoms with Crippen molar-refractivity contribution >= 4 is 57.2 Å². The van der Waals surface area contributed by atoms with E-state index < -0.39 is 11.8 Å². The first-order chi connectivity index (χ1) is 22.5. The van der Waals surface area contributed by atoms with Crippen LogP contribution in [0.4, 0.5) is 0 Å². The van der Waals surface area contributed by atoms with Gasteiger partial charge in [-0.05, 0) is 116 Å². The molecular formula is C42H42O2S2. The van der Waals surface area contributed by atoms with Gasteiger partial charge in [0.05, 0.1) is 11.8 Å². The van der Waals surface area contributed by atoms with E-state index in [1.54, 1.807) is 22.7 Å². The van der Waals surface area contributed by atoms with Gasteiger partial charge in [0.25, 0.3) is 0 Å². The van der Waals surface area contributed by atoms with Crippen molar-refractivity contribution in [2.24, 2.45) is 11.8 Å². The number of carbonyl (C=O) groups is 2. The van der Waals surface area contributed by atoms with E-state index in [2.05, 4.69) is 79.2 Å². The third kappa shape index (κ3) is 6.22. The van der Waals surface area contributed by atoms with Crippen molar-refractivity contribution in [2.75, 3.05) is 0 Å². The lowest BCUT2D eigenvalue weighted by Crippen LogP contribution is -2.42. The number of hydrogen-bond acceptors (Lipinski definition) is 4. The number of benzene rings is 3. The summed E-state index contributed by atoms with van der Waals surface area (Å²) in [7, 11) is 0. The Morgan fingerprint density at radius 1 is 0.543 bits per heavy atom. The molecule has 0 N–H and O–H groups in total. The van der Waals surface area contributed by atoms with Crippen LogP contribution < -0.4 is 10.4 Å². The van der Waals surface area contributed by atoms with Crippen LogP contribution in [0.3, 0.4) is 0 Å². The summed E-state index contributed by atoms with van der Waals surface area (Å²) in [6, 6.07) is 21.5. The molecule has 0 fully saturated rings. The summed E-state index contributed by atoms with van der Waals surface area (Å²) in [4.78, 5) is 30.5. The van der Waals surface area contributed by atoms with E-state index in [9.17, 15) is 9.59 Å². The second-order valence-electron chi connectivity index (χ2n) is 13.2. The van der Waals surface area contributed by atoms with Gasteiger partial charge >= 0.3 is 0 Å². The normalized spacial score (nSPS) is 16.9. The van der Waals surface area contributed by atoms with Gasteiger partial charge in [0.2, 0.25) is 0 Å². The third-order valence-corrected chi connectivity index (χ3v) is 11.9. The topological polar surface area (TPSA) is 34.1 Å². The molecule has 0 radical (unpaired) electrons. The molecule has 2 atom stereocenters. The van der Waals surface area contributed by atoms with Crippen LogP contribution in [0.25, 0.3) is 43.8 Å². The predicted octanol–water partition coefficient (Wildman–Crippen LogP) is 10.4. The number of fused-ring (bicyclic) bond motifs is 4. The molecule has 0 spiro atoms. The van der Waals surface area contributed by atoms with Crippen LogP contribution in [0.2, 0.25) is 0 Å². The number of Topliss-reactive ketones (excluding diaryl/α,β-unsaturated/α-hetero) is 2. The molecule has 5 aromatic rings. The van der Waals surface area contributed by atoms with Crippen molar-refractivity contribution < 1.29 is 9.59 Å². The van der Waals surface area contributed by atoms with Crippen LogP contribution >= 0.6 is 22.7 Å². The molecule has 0 amide bonds. The van der Waals surface area contributed by atoms with Gasteiger partial charge in [-0.2, -0.15) is 0 Å². The number of thiophene rings is 2. The largest absolute Gasteiger partial charge is 0.293 e. The van der Waals surface area contributed by atoms with Crippen LogP contribution in [0.15, 0.2) is 71.4 Å². The minimum Gasteiger partial charge on any atom is -0.293 e. The van der Waals surface area contributed by atoms with Crippen molar-refractivity contribution in [3.63, 3.8) is 0 Å². The average Bonchev–Trinajstić information content (AvgIpc) is 3.76. The molecule has 4 heteroatoms. The van der Waals surface area contributed by atoms with E-state index in [0.29, 0.717) is 11.1 Å². The first-order valence-electron chi connectivity index (χ1n) is 17.2. The lowest BCUT2D eigenvalue weighted by Gasteiger charge is -2.29. The smallest absolute Gasteiger partial charge is 0.171 e. The molecule has 2 aromatic heterocycles. The zero-order valence-corrected chi connectivity index (χ0v) is 28.6. The monoisotopic (exact) mass is 642 g/mol. The van der Waals surface area contributed by atoms with E-state index in [1.165, 1.54) is 83.4 Å². The van der Waals surface area contributed by atoms with Crippen molar-refractivity contribution in [1.29, 1.82) is 0 Å². The summed E-state index contributed by atoms with van der Waals surface area (Å²) in [6.07, 6.45) is 16.5. The fraction of sp³-hybridized carbons (Fsp3) is 0.333. The summed E-state index contributed by atoms with van der Waals surface area (Å²) >= 11 is 3.58. The molecule has 2 heterocycles. The Labute approximate surface area is 280 Å². The lowest BCUT2D eigenvalue weighted by molar-refractivity contribution is 0.0820. The van der Waals surface area contributed by atoms with Gasteiger partial charge in [-0.3, -0.25) is 9.59 Å². The fourth-order valence-electron chi connectivity index (χ4n) is 7.14. The van der Waals surface area contributed by atoms with Crippen molar-refractivity contribution in [1.82, 2.24) is 0 Å². The maximum Gasteiger partial charge on any atom is 0.171 e. The minimum absolute atomic E-state index is 0.0503. The van der Waals surface area contributed by atoms with Crippen molar-refractivity contribution in [3.8, 4) is 20.9 Å². The van der Waals surface area contributed by atoms with Gasteiger partial charge in [-0.15, -0.1) is 22.7 Å². The van der Waals surface area contributed by atoms with Crippen molar-refractivity contribution in [3.05, 3.63) is 104 Å². The van der Waals surface area contributed by atoms with Crippen LogP contribution in [-0.4, -0.2) is 11.6 Å². The Bertz CT molecular complexity index is 2040. The Hall–Kier alpha value is -3.60. The Morgan fingerprint density at radius 2 is 1.09 bits per heavy atom. The molecule has 234 valence electrons. The SMILES string of the molecule is CCCCCCc1csc(-c2ccc3c(c2)=CC2C(=O)c4cc5ccc(-c6cc(CCCCCC)cs6)cc5cc4C(=O)C2C=3)c1. The summed E-state index contributed by atoms with van der Waals surface area (Å²) in [5.41, 5.74) is 6.29. The van der Waals surface area contributed by atoms with Gasteiger partial charge in [-0.25, -0.2) is 0 Å². The summed E-state index contributed by atoms with van der Waals surface area (Å²) < 4.78 is 0. The molecule has 2 unspecified atom stereocenters. The lowest BCUT2D eigenvalue weighted by atomic mass is 9.71. The summed E-state index contributed by atoms with van der Waals surface area (Å²) in [6.45, 7) is 4.50. The molecular weight excluding hydrogens is 601 g/mol. The minimum atomic E-state index is -0.459. The standard InChI is InChI=1S/C42H42O2S2/c1-3-5-7-9-11-27-17-39(45-25-27)31-15-13-29-21-35-37(23-33(29)19-31)41(43)36-22-30-14-16-32(20-34(30)24-38(36)42(35)44)40-18-28(26-46-40)12-10-8-6-4-2/h13-26,35,37H,3-12H2,1-2H3. The van der Waals surface area contributed by atoms with Crippen molar-refractivity contribution in [2.45, 2.75) is 78.1 Å². The van der Waals surface area contributed by atoms with Gasteiger partial charge < -0.3 is 0 Å². The Morgan fingerprint density at radius 3 is 1.70 bits per heavy atom. The molecule has 2 aliphatic rings. The molecule has 0 bridgehead atoms. The highest BCUT2D eigenvalue weighted by molar-refractivity contribution is 7.14. The fourth-order valence-corrected chi connectivity index (χ4v) is 9.04. The van der Waals surface area contributed by atoms with E-state index in [-0.39, 0.29) is 11.6 Å². The molecule has 3 aromatic carbocycles. The average molecular weight is 643 g/mol. The van der Waals surface area contributed by atoms with Crippen LogP contribution in [0.5, 0.6) is 0 Å². The number of carbonyl (C=O) groups excluding carboxylic acids is 2. The summed E-state index contributed by atoms with van der Waals surface area (Å²) in [5.74, 6) is -0.814. The Kier molecular flexibility index (Phi) is 9.19. The summed E-state index contributed by atoms with van der Waals surface area (Å²) in [5, 5.41) is 8.67. The second-order valence-corrected chi connectivity index (χ2v) is 15.0. The van der Waals surface area contributed by atoms with Crippen LogP contribution in [0.1, 0.15) is 97.1 Å². The first-order valence-corrected chi connectivity index (χ1v) is 18.9. The second kappa shape index (κ2) is 13.6. The Balaban J connectivity index is 1.14. The number of ketones is 2. The molecule has 0 saturated carbocycles. The number of rotatable bonds is 12. The third-order valence-electron chi connectivity index (χ3n) is 9.82. The number of unbranched alkanes of at least 4 members (excludes halogenated alkanes) is 6. The highest BCUT2D eigenvalue weighted by Gasteiger charge is 2.40. The molecule has 7 rings (SSSR count). The zero-order chi connectivity index (χ0) is 31.6. The highest BCUT2D eigenvalue weighted by atomic mass is 32.1. The number of aryl methyl sites for hydroxylation is 2. The number of hydrogen-bond donors (Lipinski definition) is 0. The molecule has 2 aliphatic carbocycles. The highest BCUT2D eigenvalue weighted by Crippen LogP contribution is 2.37. The molecule has 2 nitrogen and oxygen atoms in total. The molecule has 0 aliphatic heterocycles. The quantitative estimate of drug-likeness (QED) is 0.127. The first kappa shape index (κ1) is 31.0. The maximum absolute atomic E-state index is 14.0. The zero-order valence-electron chi connectivity index (χ0n) is 26.9. The molecule has 46 heavy (non-hydrogen) atoms. The van der Waals surface area contributed by atoms with E-state index >= 15 is 0 Å². The van der Waals surface area contributed by atoms with Crippen LogP contribution in [-0.2, 0) is 12.8 Å². The maximum atomic E-state index is 14.0. The van der Waals surface area contributed by atoms with Gasteiger partial charge in [0, 0.05) is 20.9 Å². The van der Waals surface area contributed by atoms with E-state index in [4.69, 9.17) is 0 Å².